The van der Waals surface area contributed by atoms with Crippen LogP contribution in [0.5, 0.6) is 11.5 Å². The van der Waals surface area contributed by atoms with Gasteiger partial charge in [0.25, 0.3) is 0 Å². The van der Waals surface area contributed by atoms with E-state index in [2.05, 4.69) is 5.32 Å². The van der Waals surface area contributed by atoms with E-state index < -0.39 is 23.6 Å². The Hall–Kier alpha value is -5.48. The number of benzene rings is 5. The van der Waals surface area contributed by atoms with E-state index in [1.165, 1.54) is 35.2 Å². The van der Waals surface area contributed by atoms with E-state index in [1.807, 2.05) is 36.4 Å². The Morgan fingerprint density at radius 2 is 1.42 bits per heavy atom. The predicted molar refractivity (Wildman–Crippen MR) is 176 cm³/mol. The molecule has 0 spiro atoms. The zero-order valence-corrected chi connectivity index (χ0v) is 25.8. The number of alkyl halides is 3. The number of nitrogens with two attached hydrogens (primary N) is 1. The van der Waals surface area contributed by atoms with Gasteiger partial charge in [-0.1, -0.05) is 78.9 Å². The smallest absolute Gasteiger partial charge is 0.416 e. The van der Waals surface area contributed by atoms with E-state index in [4.69, 9.17) is 10.5 Å². The molecule has 0 bridgehead atoms. The Labute approximate surface area is 275 Å². The number of hydrogen-bond acceptors (Lipinski definition) is 4. The van der Waals surface area contributed by atoms with Gasteiger partial charge < -0.3 is 20.7 Å². The first-order valence-electron chi connectivity index (χ1n) is 15.2. The number of amides is 2. The van der Waals surface area contributed by atoms with E-state index in [9.17, 15) is 27.2 Å². The summed E-state index contributed by atoms with van der Waals surface area (Å²) < 4.78 is 59.8. The number of rotatable bonds is 12. The van der Waals surface area contributed by atoms with Gasteiger partial charge in [0.05, 0.1) is 17.8 Å². The minimum atomic E-state index is -4.56. The number of para-hydroxylation sites is 2. The maximum absolute atomic E-state index is 13.8. The van der Waals surface area contributed by atoms with Crippen molar-refractivity contribution in [3.8, 4) is 22.6 Å². The molecule has 0 aromatic heterocycles. The average molecular weight is 656 g/mol. The van der Waals surface area contributed by atoms with Crippen LogP contribution in [0.25, 0.3) is 11.1 Å². The fourth-order valence-corrected chi connectivity index (χ4v) is 5.15. The number of hydrogen-bond donors (Lipinski definition) is 2. The quantitative estimate of drug-likeness (QED) is 0.132. The molecule has 0 fully saturated rings. The van der Waals surface area contributed by atoms with Crippen LogP contribution in [0.2, 0.25) is 0 Å². The molecule has 48 heavy (non-hydrogen) atoms. The van der Waals surface area contributed by atoms with Crippen LogP contribution in [0, 0.1) is 5.82 Å². The lowest BCUT2D eigenvalue weighted by molar-refractivity contribution is -0.138. The number of carbonyl (C=O) groups is 2. The van der Waals surface area contributed by atoms with Crippen molar-refractivity contribution < 1.29 is 31.9 Å². The molecule has 0 aliphatic rings. The van der Waals surface area contributed by atoms with Crippen LogP contribution in [0.4, 0.5) is 23.2 Å². The van der Waals surface area contributed by atoms with Gasteiger partial charge in [-0.05, 0) is 70.3 Å². The van der Waals surface area contributed by atoms with Crippen LogP contribution in [0.15, 0.2) is 121 Å². The summed E-state index contributed by atoms with van der Waals surface area (Å²) in [6.07, 6.45) is -5.01. The van der Waals surface area contributed by atoms with Gasteiger partial charge in [0.1, 0.15) is 11.6 Å². The number of halogens is 4. The monoisotopic (exact) mass is 655 g/mol. The highest BCUT2D eigenvalue weighted by Gasteiger charge is 2.33. The summed E-state index contributed by atoms with van der Waals surface area (Å²) in [5, 5.41) is 2.51. The first kappa shape index (κ1) is 33.9. The van der Waals surface area contributed by atoms with Crippen LogP contribution >= 0.6 is 0 Å². The van der Waals surface area contributed by atoms with Crippen LogP contribution in [-0.4, -0.2) is 11.8 Å². The molecule has 0 saturated heterocycles. The summed E-state index contributed by atoms with van der Waals surface area (Å²) in [7, 11) is 0. The minimum Gasteiger partial charge on any atom is -0.455 e. The van der Waals surface area contributed by atoms with E-state index in [-0.39, 0.29) is 37.3 Å². The van der Waals surface area contributed by atoms with Crippen molar-refractivity contribution in [2.24, 2.45) is 5.73 Å². The SMILES string of the molecule is NCc1cccc(Oc2ccccc2N(Cc2ccc(-c3ccc(F)cc3)cc2)C(=O)CCC(=O)NCc2ccccc2C(F)(F)F)c1. The third-order valence-corrected chi connectivity index (χ3v) is 7.66. The lowest BCUT2D eigenvalue weighted by Crippen LogP contribution is -2.32. The molecule has 0 aliphatic heterocycles. The fraction of sp³-hybridized carbons (Fsp3) is 0.158. The van der Waals surface area contributed by atoms with Gasteiger partial charge in [-0.3, -0.25) is 9.59 Å². The Morgan fingerprint density at radius 1 is 0.750 bits per heavy atom. The minimum absolute atomic E-state index is 0.0693. The molecule has 5 aromatic rings. The third kappa shape index (κ3) is 8.86. The highest BCUT2D eigenvalue weighted by Crippen LogP contribution is 2.35. The first-order chi connectivity index (χ1) is 23.1. The molecular weight excluding hydrogens is 622 g/mol. The van der Waals surface area contributed by atoms with Gasteiger partial charge in [0.2, 0.25) is 11.8 Å². The number of nitrogens with zero attached hydrogens (tertiary/aromatic N) is 1. The molecule has 5 rings (SSSR count). The van der Waals surface area contributed by atoms with E-state index in [1.54, 1.807) is 48.5 Å². The van der Waals surface area contributed by atoms with Crippen molar-refractivity contribution in [2.45, 2.75) is 38.7 Å². The van der Waals surface area contributed by atoms with Gasteiger partial charge in [-0.25, -0.2) is 4.39 Å². The number of nitrogens with one attached hydrogen (secondary N) is 1. The maximum Gasteiger partial charge on any atom is 0.416 e. The zero-order chi connectivity index (χ0) is 34.1. The van der Waals surface area contributed by atoms with E-state index in [0.717, 1.165) is 28.3 Å². The average Bonchev–Trinajstić information content (AvgIpc) is 3.09. The highest BCUT2D eigenvalue weighted by atomic mass is 19.4. The molecule has 0 saturated carbocycles. The summed E-state index contributed by atoms with van der Waals surface area (Å²) in [6, 6.07) is 32.9. The van der Waals surface area contributed by atoms with Gasteiger partial charge >= 0.3 is 6.18 Å². The summed E-state index contributed by atoms with van der Waals surface area (Å²) in [6.45, 7) is 0.124. The largest absolute Gasteiger partial charge is 0.455 e. The molecule has 2 amide bonds. The number of ether oxygens (including phenoxy) is 1. The van der Waals surface area contributed by atoms with Crippen LogP contribution in [0.1, 0.15) is 35.1 Å². The van der Waals surface area contributed by atoms with E-state index >= 15 is 0 Å². The Bertz CT molecular complexity index is 1860. The van der Waals surface area contributed by atoms with Crippen molar-refractivity contribution in [1.29, 1.82) is 0 Å². The Morgan fingerprint density at radius 3 is 2.12 bits per heavy atom. The first-order valence-corrected chi connectivity index (χ1v) is 15.2. The second kappa shape index (κ2) is 15.4. The molecule has 246 valence electrons. The predicted octanol–water partition coefficient (Wildman–Crippen LogP) is 8.39. The molecule has 0 atom stereocenters. The molecule has 3 N–H and O–H groups in total. The van der Waals surface area contributed by atoms with Gasteiger partial charge in [-0.15, -0.1) is 0 Å². The van der Waals surface area contributed by atoms with E-state index in [0.29, 0.717) is 23.7 Å². The summed E-state index contributed by atoms with van der Waals surface area (Å²) >= 11 is 0. The molecule has 10 heteroatoms. The van der Waals surface area contributed by atoms with Crippen molar-refractivity contribution in [1.82, 2.24) is 5.32 Å². The van der Waals surface area contributed by atoms with Gasteiger partial charge in [0, 0.05) is 25.9 Å². The molecule has 0 heterocycles. The zero-order valence-electron chi connectivity index (χ0n) is 25.8. The number of anilines is 1. The molecule has 5 aromatic carbocycles. The lowest BCUT2D eigenvalue weighted by Gasteiger charge is -2.25. The molecule has 6 nitrogen and oxygen atoms in total. The van der Waals surface area contributed by atoms with Crippen molar-refractivity contribution in [3.63, 3.8) is 0 Å². The topological polar surface area (TPSA) is 84.7 Å². The third-order valence-electron chi connectivity index (χ3n) is 7.66. The number of carbonyl (C=O) groups excluding carboxylic acids is 2. The van der Waals surface area contributed by atoms with Crippen LogP contribution < -0.4 is 20.7 Å². The van der Waals surface area contributed by atoms with Crippen molar-refractivity contribution >= 4 is 17.5 Å². The standard InChI is InChI=1S/C38H33F4N3O3/c39-31-18-16-29(17-19-31)28-14-12-26(13-15-28)25-45(34-10-3-4-11-35(34)48-32-8-5-6-27(22-32)23-43)37(47)21-20-36(46)44-24-30-7-1-2-9-33(30)38(40,41)42/h1-19,22H,20-21,23-25,43H2,(H,44,46). The van der Waals surface area contributed by atoms with Gasteiger partial charge in [-0.2, -0.15) is 13.2 Å². The molecular formula is C38H33F4N3O3. The Balaban J connectivity index is 1.35. The summed E-state index contributed by atoms with van der Waals surface area (Å²) in [4.78, 5) is 28.1. The van der Waals surface area contributed by atoms with Crippen molar-refractivity contribution in [2.75, 3.05) is 4.90 Å². The Kier molecular flexibility index (Phi) is 10.9. The molecule has 0 unspecified atom stereocenters. The second-order valence-electron chi connectivity index (χ2n) is 11.0. The molecule has 0 radical (unpaired) electrons. The van der Waals surface area contributed by atoms with Crippen LogP contribution in [0.3, 0.4) is 0 Å². The second-order valence-corrected chi connectivity index (χ2v) is 11.0. The highest BCUT2D eigenvalue weighted by molar-refractivity contribution is 5.96. The fourth-order valence-electron chi connectivity index (χ4n) is 5.15. The molecule has 0 aliphatic carbocycles. The lowest BCUT2D eigenvalue weighted by atomic mass is 10.0. The normalized spacial score (nSPS) is 11.2. The summed E-state index contributed by atoms with van der Waals surface area (Å²) in [5.74, 6) is -0.363. The summed E-state index contributed by atoms with van der Waals surface area (Å²) in [5.41, 5.74) is 8.71. The van der Waals surface area contributed by atoms with Crippen LogP contribution in [-0.2, 0) is 35.4 Å². The maximum atomic E-state index is 13.8. The van der Waals surface area contributed by atoms with Gasteiger partial charge in [0.15, 0.2) is 5.75 Å². The van der Waals surface area contributed by atoms with Crippen molar-refractivity contribution in [3.05, 3.63) is 149 Å².